The highest BCUT2D eigenvalue weighted by Gasteiger charge is 2.33. The van der Waals surface area contributed by atoms with Gasteiger partial charge in [-0.2, -0.15) is 0 Å². The zero-order chi connectivity index (χ0) is 10.7. The molecule has 1 aliphatic rings. The highest BCUT2D eigenvalue weighted by atomic mass is 16.6. The lowest BCUT2D eigenvalue weighted by atomic mass is 10.2. The minimum absolute atomic E-state index is 0.207. The van der Waals surface area contributed by atoms with Crippen LogP contribution in [-0.2, 0) is 16.1 Å². The van der Waals surface area contributed by atoms with Crippen LogP contribution in [0.1, 0.15) is 19.4 Å². The number of ether oxygens (including phenoxy) is 2. The van der Waals surface area contributed by atoms with Crippen molar-refractivity contribution >= 4 is 0 Å². The van der Waals surface area contributed by atoms with E-state index in [0.717, 1.165) is 5.76 Å². The third-order valence-electron chi connectivity index (χ3n) is 2.38. The second-order valence-corrected chi connectivity index (χ2v) is 3.97. The van der Waals surface area contributed by atoms with Gasteiger partial charge in [-0.3, -0.25) is 0 Å². The van der Waals surface area contributed by atoms with E-state index in [9.17, 15) is 0 Å². The summed E-state index contributed by atoms with van der Waals surface area (Å²) in [5, 5.41) is 0. The lowest BCUT2D eigenvalue weighted by Crippen LogP contribution is -2.01. The molecule has 1 saturated heterocycles. The van der Waals surface area contributed by atoms with Gasteiger partial charge in [0.25, 0.3) is 0 Å². The largest absolute Gasteiger partial charge is 0.480 e. The molecular formula is C13H16O2. The molecule has 0 amide bonds. The van der Waals surface area contributed by atoms with Gasteiger partial charge in [-0.15, -0.1) is 0 Å². The van der Waals surface area contributed by atoms with Gasteiger partial charge < -0.3 is 9.47 Å². The quantitative estimate of drug-likeness (QED) is 0.703. The van der Waals surface area contributed by atoms with Crippen LogP contribution in [0, 0.1) is 0 Å². The molecule has 0 saturated carbocycles. The van der Waals surface area contributed by atoms with E-state index in [4.69, 9.17) is 9.47 Å². The SMILES string of the molecule is CC(C)=C1OC1COCc1ccccc1. The van der Waals surface area contributed by atoms with Gasteiger partial charge in [-0.25, -0.2) is 0 Å². The van der Waals surface area contributed by atoms with E-state index in [2.05, 4.69) is 26.0 Å². The molecule has 2 rings (SSSR count). The molecular weight excluding hydrogens is 188 g/mol. The minimum atomic E-state index is 0.207. The monoisotopic (exact) mass is 204 g/mol. The standard InChI is InChI=1S/C13H16O2/c1-10(2)13-12(15-13)9-14-8-11-6-4-3-5-7-11/h3-7,12H,8-9H2,1-2H3. The van der Waals surface area contributed by atoms with Gasteiger partial charge in [0, 0.05) is 0 Å². The summed E-state index contributed by atoms with van der Waals surface area (Å²) in [5.74, 6) is 1.10. The highest BCUT2D eigenvalue weighted by molar-refractivity contribution is 5.19. The summed E-state index contributed by atoms with van der Waals surface area (Å²) in [6.07, 6.45) is 0.207. The summed E-state index contributed by atoms with van der Waals surface area (Å²) in [5.41, 5.74) is 2.46. The Kier molecular flexibility index (Phi) is 3.07. The molecule has 1 aromatic carbocycles. The van der Waals surface area contributed by atoms with Crippen molar-refractivity contribution in [3.8, 4) is 0 Å². The smallest absolute Gasteiger partial charge is 0.178 e. The van der Waals surface area contributed by atoms with Crippen molar-refractivity contribution in [1.29, 1.82) is 0 Å². The number of benzene rings is 1. The number of epoxide rings is 1. The molecule has 0 spiro atoms. The molecule has 0 N–H and O–H groups in total. The predicted molar refractivity (Wildman–Crippen MR) is 59.3 cm³/mol. The topological polar surface area (TPSA) is 21.8 Å². The Hall–Kier alpha value is -1.28. The maximum atomic E-state index is 5.56. The van der Waals surface area contributed by atoms with Crippen LogP contribution in [-0.4, -0.2) is 12.7 Å². The Balaban J connectivity index is 1.71. The zero-order valence-corrected chi connectivity index (χ0v) is 9.19. The van der Waals surface area contributed by atoms with E-state index in [1.165, 1.54) is 11.1 Å². The molecule has 15 heavy (non-hydrogen) atoms. The van der Waals surface area contributed by atoms with Crippen molar-refractivity contribution in [2.75, 3.05) is 6.61 Å². The van der Waals surface area contributed by atoms with Crippen LogP contribution in [0.5, 0.6) is 0 Å². The van der Waals surface area contributed by atoms with Crippen molar-refractivity contribution in [3.05, 3.63) is 47.2 Å². The van der Waals surface area contributed by atoms with E-state index in [0.29, 0.717) is 13.2 Å². The molecule has 1 fully saturated rings. The molecule has 1 atom stereocenters. The molecule has 0 aromatic heterocycles. The van der Waals surface area contributed by atoms with E-state index in [1.54, 1.807) is 0 Å². The fraction of sp³-hybridized carbons (Fsp3) is 0.385. The summed E-state index contributed by atoms with van der Waals surface area (Å²) >= 11 is 0. The van der Waals surface area contributed by atoms with Gasteiger partial charge in [0.2, 0.25) is 0 Å². The lowest BCUT2D eigenvalue weighted by Gasteiger charge is -2.00. The molecule has 2 nitrogen and oxygen atoms in total. The van der Waals surface area contributed by atoms with Crippen LogP contribution >= 0.6 is 0 Å². The number of hydrogen-bond acceptors (Lipinski definition) is 2. The van der Waals surface area contributed by atoms with Crippen LogP contribution in [0.2, 0.25) is 0 Å². The van der Waals surface area contributed by atoms with E-state index in [1.807, 2.05) is 18.2 Å². The van der Waals surface area contributed by atoms with Crippen LogP contribution < -0.4 is 0 Å². The van der Waals surface area contributed by atoms with Crippen LogP contribution in [0.4, 0.5) is 0 Å². The molecule has 1 unspecified atom stereocenters. The number of hydrogen-bond donors (Lipinski definition) is 0. The maximum Gasteiger partial charge on any atom is 0.178 e. The minimum Gasteiger partial charge on any atom is -0.480 e. The fourth-order valence-corrected chi connectivity index (χ4v) is 1.53. The summed E-state index contributed by atoms with van der Waals surface area (Å²) in [7, 11) is 0. The summed E-state index contributed by atoms with van der Waals surface area (Å²) in [6.45, 7) is 5.45. The van der Waals surface area contributed by atoms with Gasteiger partial charge in [-0.05, 0) is 25.0 Å². The molecule has 0 radical (unpaired) electrons. The Labute approximate surface area is 90.5 Å². The molecule has 0 bridgehead atoms. The summed E-state index contributed by atoms with van der Waals surface area (Å²) in [6, 6.07) is 10.2. The lowest BCUT2D eigenvalue weighted by molar-refractivity contribution is 0.104. The third kappa shape index (κ3) is 2.83. The Bertz CT molecular complexity index is 350. The van der Waals surface area contributed by atoms with Gasteiger partial charge in [0.05, 0.1) is 13.2 Å². The Morgan fingerprint density at radius 3 is 2.60 bits per heavy atom. The first-order valence-corrected chi connectivity index (χ1v) is 5.23. The fourth-order valence-electron chi connectivity index (χ4n) is 1.53. The highest BCUT2D eigenvalue weighted by Crippen LogP contribution is 2.30. The van der Waals surface area contributed by atoms with Crippen molar-refractivity contribution in [2.45, 2.75) is 26.6 Å². The van der Waals surface area contributed by atoms with Gasteiger partial charge in [0.1, 0.15) is 5.76 Å². The predicted octanol–water partition coefficient (Wildman–Crippen LogP) is 2.90. The Morgan fingerprint density at radius 2 is 2.00 bits per heavy atom. The molecule has 1 aromatic rings. The van der Waals surface area contributed by atoms with E-state index >= 15 is 0 Å². The Morgan fingerprint density at radius 1 is 1.27 bits per heavy atom. The van der Waals surface area contributed by atoms with Crippen LogP contribution in [0.15, 0.2) is 41.7 Å². The normalized spacial score (nSPS) is 18.5. The van der Waals surface area contributed by atoms with Gasteiger partial charge in [-0.1, -0.05) is 30.3 Å². The first-order valence-electron chi connectivity index (χ1n) is 5.23. The molecule has 1 heterocycles. The summed E-state index contributed by atoms with van der Waals surface area (Å²) < 4.78 is 10.9. The zero-order valence-electron chi connectivity index (χ0n) is 9.19. The second-order valence-electron chi connectivity index (χ2n) is 3.97. The molecule has 80 valence electrons. The summed E-state index contributed by atoms with van der Waals surface area (Å²) in [4.78, 5) is 0. The van der Waals surface area contributed by atoms with Crippen LogP contribution in [0.3, 0.4) is 0 Å². The average Bonchev–Trinajstić information content (AvgIpc) is 2.99. The van der Waals surface area contributed by atoms with E-state index in [-0.39, 0.29) is 6.10 Å². The second kappa shape index (κ2) is 4.49. The van der Waals surface area contributed by atoms with Crippen molar-refractivity contribution < 1.29 is 9.47 Å². The van der Waals surface area contributed by atoms with Crippen molar-refractivity contribution in [3.63, 3.8) is 0 Å². The molecule has 2 heteroatoms. The van der Waals surface area contributed by atoms with E-state index < -0.39 is 0 Å². The van der Waals surface area contributed by atoms with Gasteiger partial charge >= 0.3 is 0 Å². The average molecular weight is 204 g/mol. The first-order chi connectivity index (χ1) is 7.27. The van der Waals surface area contributed by atoms with Crippen LogP contribution in [0.25, 0.3) is 0 Å². The first kappa shape index (κ1) is 10.2. The third-order valence-corrected chi connectivity index (χ3v) is 2.38. The number of allylic oxidation sites excluding steroid dienone is 1. The van der Waals surface area contributed by atoms with Crippen molar-refractivity contribution in [1.82, 2.24) is 0 Å². The molecule has 0 aliphatic carbocycles. The van der Waals surface area contributed by atoms with Gasteiger partial charge in [0.15, 0.2) is 6.10 Å². The molecule has 1 aliphatic heterocycles. The maximum absolute atomic E-state index is 5.56. The van der Waals surface area contributed by atoms with Crippen molar-refractivity contribution in [2.24, 2.45) is 0 Å². The number of rotatable bonds is 4.